The molecule has 3 aromatic heterocycles. The Balaban J connectivity index is 0.000000143. The smallest absolute Gasteiger partial charge is 0.0576 e. The van der Waals surface area contributed by atoms with Crippen LogP contribution in [0.1, 0.15) is 41.5 Å². The van der Waals surface area contributed by atoms with E-state index in [1.807, 2.05) is 0 Å². The van der Waals surface area contributed by atoms with Crippen molar-refractivity contribution >= 4 is 65.4 Å². The molecule has 59 heavy (non-hydrogen) atoms. The van der Waals surface area contributed by atoms with Crippen LogP contribution in [0.15, 0.2) is 188 Å². The Labute approximate surface area is 346 Å². The first-order chi connectivity index (χ1) is 28.6. The summed E-state index contributed by atoms with van der Waals surface area (Å²) in [6.07, 6.45) is 0. The van der Waals surface area contributed by atoms with Crippen LogP contribution in [-0.4, -0.2) is 13.7 Å². The molecule has 11 rings (SSSR count). The molecule has 11 aromatic rings. The molecule has 0 saturated carbocycles. The van der Waals surface area contributed by atoms with Crippen LogP contribution in [0, 0.1) is 0 Å². The molecule has 0 unspecified atom stereocenters. The van der Waals surface area contributed by atoms with Crippen molar-refractivity contribution in [2.75, 3.05) is 0 Å². The van der Waals surface area contributed by atoms with Crippen LogP contribution in [0.25, 0.3) is 93.4 Å². The summed E-state index contributed by atoms with van der Waals surface area (Å²) in [7, 11) is 0. The molecule has 3 heterocycles. The number of rotatable bonds is 3. The van der Waals surface area contributed by atoms with E-state index in [4.69, 9.17) is 0 Å². The third-order valence-electron chi connectivity index (χ3n) is 11.8. The lowest BCUT2D eigenvalue weighted by atomic mass is 10.0. The van der Waals surface area contributed by atoms with E-state index in [-0.39, 0.29) is 11.1 Å². The van der Waals surface area contributed by atoms with Gasteiger partial charge in [-0.3, -0.25) is 0 Å². The molecule has 0 aliphatic heterocycles. The van der Waals surface area contributed by atoms with E-state index in [2.05, 4.69) is 243 Å². The molecule has 8 aromatic carbocycles. The predicted molar refractivity (Wildman–Crippen MR) is 254 cm³/mol. The minimum absolute atomic E-state index is 0.00964. The molecule has 3 nitrogen and oxygen atoms in total. The van der Waals surface area contributed by atoms with E-state index in [1.165, 1.54) is 93.4 Å². The van der Waals surface area contributed by atoms with Crippen molar-refractivity contribution in [3.63, 3.8) is 0 Å². The molecule has 0 spiro atoms. The molecule has 0 radical (unpaired) electrons. The Hall–Kier alpha value is -6.84. The summed E-state index contributed by atoms with van der Waals surface area (Å²) in [5.74, 6) is 0. The zero-order valence-electron chi connectivity index (χ0n) is 34.7. The monoisotopic (exact) mass is 763 g/mol. The summed E-state index contributed by atoms with van der Waals surface area (Å²) in [6, 6.07) is 67.9. The van der Waals surface area contributed by atoms with E-state index in [1.54, 1.807) is 0 Å². The van der Waals surface area contributed by atoms with Gasteiger partial charge in [0, 0.05) is 71.2 Å². The molecule has 0 amide bonds. The molecule has 0 atom stereocenters. The summed E-state index contributed by atoms with van der Waals surface area (Å²) in [4.78, 5) is 0. The van der Waals surface area contributed by atoms with E-state index in [0.717, 1.165) is 0 Å². The van der Waals surface area contributed by atoms with Gasteiger partial charge in [0.2, 0.25) is 0 Å². The van der Waals surface area contributed by atoms with Crippen LogP contribution in [0.5, 0.6) is 0 Å². The van der Waals surface area contributed by atoms with Gasteiger partial charge in [-0.25, -0.2) is 0 Å². The first-order valence-electron chi connectivity index (χ1n) is 20.8. The fraction of sp³-hybridized carbons (Fsp3) is 0.143. The average Bonchev–Trinajstić information content (AvgIpc) is 3.90. The summed E-state index contributed by atoms with van der Waals surface area (Å²) < 4.78 is 7.41. The molecule has 0 fully saturated rings. The Morgan fingerprint density at radius 3 is 1.17 bits per heavy atom. The first kappa shape index (κ1) is 36.5. The van der Waals surface area contributed by atoms with Crippen molar-refractivity contribution in [2.45, 2.75) is 52.6 Å². The van der Waals surface area contributed by atoms with E-state index in [0.29, 0.717) is 0 Å². The molecule has 288 valence electrons. The highest BCUT2D eigenvalue weighted by Gasteiger charge is 2.25. The highest BCUT2D eigenvalue weighted by Crippen LogP contribution is 2.43. The van der Waals surface area contributed by atoms with Crippen LogP contribution in [-0.2, 0) is 11.1 Å². The Morgan fingerprint density at radius 1 is 0.305 bits per heavy atom. The zero-order valence-corrected chi connectivity index (χ0v) is 34.7. The van der Waals surface area contributed by atoms with Gasteiger partial charge < -0.3 is 13.7 Å². The number of hydrogen-bond donors (Lipinski definition) is 0. The second-order valence-electron chi connectivity index (χ2n) is 17.7. The van der Waals surface area contributed by atoms with Crippen molar-refractivity contribution in [3.05, 3.63) is 188 Å². The van der Waals surface area contributed by atoms with Gasteiger partial charge in [-0.2, -0.15) is 0 Å². The van der Waals surface area contributed by atoms with E-state index in [9.17, 15) is 0 Å². The third kappa shape index (κ3) is 6.03. The van der Waals surface area contributed by atoms with Crippen LogP contribution in [0.3, 0.4) is 0 Å². The highest BCUT2D eigenvalue weighted by molar-refractivity contribution is 6.16. The fourth-order valence-corrected chi connectivity index (χ4v) is 9.51. The quantitative estimate of drug-likeness (QED) is 0.170. The van der Waals surface area contributed by atoms with Crippen LogP contribution < -0.4 is 0 Å². The summed E-state index contributed by atoms with van der Waals surface area (Å²) in [6.45, 7) is 13.7. The average molecular weight is 764 g/mol. The number of nitrogens with zero attached hydrogens (tertiary/aromatic N) is 3. The Kier molecular flexibility index (Phi) is 8.61. The van der Waals surface area contributed by atoms with Crippen molar-refractivity contribution in [3.8, 4) is 27.9 Å². The SMILES string of the molecule is CC(C)(C)n1c2c(-c3ccccc3)cccc2c2cccc(-c3ccccc3)c21.CC(C)(C)n1c2ccccc2c2cc(-n3c4ccccc4c4ccccc43)ccc21. The second-order valence-corrected chi connectivity index (χ2v) is 17.7. The number of hydrogen-bond acceptors (Lipinski definition) is 0. The lowest BCUT2D eigenvalue weighted by Gasteiger charge is -2.26. The maximum absolute atomic E-state index is 2.54. The van der Waals surface area contributed by atoms with Crippen molar-refractivity contribution in [1.29, 1.82) is 0 Å². The maximum atomic E-state index is 2.54. The zero-order chi connectivity index (χ0) is 40.5. The van der Waals surface area contributed by atoms with Crippen LogP contribution in [0.2, 0.25) is 0 Å². The third-order valence-corrected chi connectivity index (χ3v) is 11.8. The van der Waals surface area contributed by atoms with Crippen molar-refractivity contribution < 1.29 is 0 Å². The number of fused-ring (bicyclic) bond motifs is 9. The van der Waals surface area contributed by atoms with Crippen molar-refractivity contribution in [1.82, 2.24) is 13.7 Å². The summed E-state index contributed by atoms with van der Waals surface area (Å²) in [5, 5.41) is 7.84. The Morgan fingerprint density at radius 2 is 0.695 bits per heavy atom. The lowest BCUT2D eigenvalue weighted by Crippen LogP contribution is -2.22. The van der Waals surface area contributed by atoms with Gasteiger partial charge in [0.25, 0.3) is 0 Å². The molecule has 3 heteroatoms. The largest absolute Gasteiger partial charge is 0.335 e. The summed E-state index contributed by atoms with van der Waals surface area (Å²) >= 11 is 0. The van der Waals surface area contributed by atoms with Gasteiger partial charge in [0.15, 0.2) is 0 Å². The standard InChI is InChI=1S/C28H24N2.C28H25N/c1-28(2,3)30-26-15-9-6-12-22(26)23-18-19(16-17-27(23)30)29-24-13-7-4-10-20(24)21-11-5-8-14-25(21)29;1-28(2,3)29-26-22(20-12-6-4-7-13-20)16-10-18-24(26)25-19-11-17-23(27(25)29)21-14-8-5-9-15-21/h4-18H,1-3H3;4-19H,1-3H3. The van der Waals surface area contributed by atoms with Gasteiger partial charge in [0.05, 0.1) is 22.1 Å². The number of aromatic nitrogens is 3. The summed E-state index contributed by atoms with van der Waals surface area (Å²) in [5.41, 5.74) is 13.9. The molecule has 0 aliphatic carbocycles. The van der Waals surface area contributed by atoms with Gasteiger partial charge in [-0.05, 0) is 89.1 Å². The molecule has 0 saturated heterocycles. The maximum Gasteiger partial charge on any atom is 0.0576 e. The molecule has 0 aliphatic rings. The number of benzene rings is 8. The van der Waals surface area contributed by atoms with Crippen LogP contribution >= 0.6 is 0 Å². The Bertz CT molecular complexity index is 3180. The van der Waals surface area contributed by atoms with Gasteiger partial charge >= 0.3 is 0 Å². The molecule has 0 N–H and O–H groups in total. The van der Waals surface area contributed by atoms with E-state index < -0.39 is 0 Å². The molecular weight excluding hydrogens is 715 g/mol. The highest BCUT2D eigenvalue weighted by atomic mass is 15.1. The number of para-hydroxylation sites is 5. The van der Waals surface area contributed by atoms with Gasteiger partial charge in [0.1, 0.15) is 0 Å². The molecule has 0 bridgehead atoms. The minimum atomic E-state index is -0.0598. The topological polar surface area (TPSA) is 14.8 Å². The van der Waals surface area contributed by atoms with Gasteiger partial charge in [-0.1, -0.05) is 152 Å². The minimum Gasteiger partial charge on any atom is -0.335 e. The van der Waals surface area contributed by atoms with E-state index >= 15 is 0 Å². The first-order valence-corrected chi connectivity index (χ1v) is 20.8. The van der Waals surface area contributed by atoms with Crippen molar-refractivity contribution in [2.24, 2.45) is 0 Å². The fourth-order valence-electron chi connectivity index (χ4n) is 9.51. The normalized spacial score (nSPS) is 12.2. The second kappa shape index (κ2) is 13.9. The molecular formula is C56H49N3. The van der Waals surface area contributed by atoms with Gasteiger partial charge in [-0.15, -0.1) is 0 Å². The lowest BCUT2D eigenvalue weighted by molar-refractivity contribution is 0.423. The van der Waals surface area contributed by atoms with Crippen LogP contribution in [0.4, 0.5) is 0 Å². The predicted octanol–water partition coefficient (Wildman–Crippen LogP) is 15.5.